The summed E-state index contributed by atoms with van der Waals surface area (Å²) in [5.74, 6) is -0.651. The molecule has 28 heavy (non-hydrogen) atoms. The summed E-state index contributed by atoms with van der Waals surface area (Å²) in [7, 11) is 0. The summed E-state index contributed by atoms with van der Waals surface area (Å²) < 4.78 is 10.2. The molecule has 5 heteroatoms. The molecule has 0 amide bonds. The van der Waals surface area contributed by atoms with Crippen molar-refractivity contribution in [2.45, 2.75) is 123 Å². The second-order valence-corrected chi connectivity index (χ2v) is 7.72. The van der Waals surface area contributed by atoms with Crippen molar-refractivity contribution >= 4 is 11.9 Å². The van der Waals surface area contributed by atoms with Crippen LogP contribution in [-0.2, 0) is 19.1 Å². The molecule has 1 atom stereocenters. The molecule has 0 aromatic rings. The molecule has 5 nitrogen and oxygen atoms in total. The lowest BCUT2D eigenvalue weighted by Crippen LogP contribution is -2.28. The van der Waals surface area contributed by atoms with Gasteiger partial charge in [0.2, 0.25) is 0 Å². The molecular formula is C23H44O5. The van der Waals surface area contributed by atoms with Crippen LogP contribution in [-0.4, -0.2) is 36.4 Å². The SMILES string of the molecule is CCCCCCCCCCCCCCCC(=O)O[C@@H](CO)CO[11C](=O)CCC. The molecule has 0 heterocycles. The molecule has 0 radical (unpaired) electrons. The van der Waals surface area contributed by atoms with E-state index in [0.717, 1.165) is 19.3 Å². The van der Waals surface area contributed by atoms with Crippen molar-refractivity contribution in [2.75, 3.05) is 13.2 Å². The van der Waals surface area contributed by atoms with Gasteiger partial charge in [0.25, 0.3) is 0 Å². The Kier molecular flexibility index (Phi) is 19.8. The fraction of sp³-hybridized carbons (Fsp3) is 0.913. The van der Waals surface area contributed by atoms with Crippen LogP contribution in [0.3, 0.4) is 0 Å². The van der Waals surface area contributed by atoms with Gasteiger partial charge in [-0.3, -0.25) is 9.59 Å². The average molecular weight is 400 g/mol. The van der Waals surface area contributed by atoms with Crippen molar-refractivity contribution in [2.24, 2.45) is 0 Å². The highest BCUT2D eigenvalue weighted by Gasteiger charge is 2.15. The maximum Gasteiger partial charge on any atom is 0.306 e. The number of hydrogen-bond donors (Lipinski definition) is 1. The zero-order chi connectivity index (χ0) is 20.9. The topological polar surface area (TPSA) is 72.8 Å². The minimum Gasteiger partial charge on any atom is -0.462 e. The van der Waals surface area contributed by atoms with Crippen LogP contribution in [0.5, 0.6) is 0 Å². The van der Waals surface area contributed by atoms with E-state index in [2.05, 4.69) is 6.92 Å². The summed E-state index contributed by atoms with van der Waals surface area (Å²) in [4.78, 5) is 23.1. The Morgan fingerprint density at radius 3 is 1.64 bits per heavy atom. The third-order valence-electron chi connectivity index (χ3n) is 4.87. The Balaban J connectivity index is 3.47. The van der Waals surface area contributed by atoms with Gasteiger partial charge in [0.15, 0.2) is 6.10 Å². The summed E-state index contributed by atoms with van der Waals surface area (Å²) in [6.07, 6.45) is 17.1. The van der Waals surface area contributed by atoms with Crippen molar-refractivity contribution in [1.82, 2.24) is 0 Å². The summed E-state index contributed by atoms with van der Waals surface area (Å²) in [6.45, 7) is 3.74. The van der Waals surface area contributed by atoms with E-state index in [-0.39, 0.29) is 25.2 Å². The fourth-order valence-corrected chi connectivity index (χ4v) is 3.12. The first-order valence-corrected chi connectivity index (χ1v) is 11.6. The summed E-state index contributed by atoms with van der Waals surface area (Å²) >= 11 is 0. The van der Waals surface area contributed by atoms with E-state index in [9.17, 15) is 14.7 Å². The lowest BCUT2D eigenvalue weighted by molar-refractivity contribution is -0.161. The highest BCUT2D eigenvalue weighted by Crippen LogP contribution is 2.13. The van der Waals surface area contributed by atoms with Gasteiger partial charge in [0, 0.05) is 12.8 Å². The predicted molar refractivity (Wildman–Crippen MR) is 113 cm³/mol. The molecule has 0 aliphatic heterocycles. The van der Waals surface area contributed by atoms with Crippen LogP contribution in [0.1, 0.15) is 117 Å². The van der Waals surface area contributed by atoms with Crippen LogP contribution in [0.25, 0.3) is 0 Å². The molecule has 0 rings (SSSR count). The highest BCUT2D eigenvalue weighted by atomic mass is 16.6. The van der Waals surface area contributed by atoms with Gasteiger partial charge in [-0.25, -0.2) is 0 Å². The number of carbonyl (C=O) groups is 2. The highest BCUT2D eigenvalue weighted by molar-refractivity contribution is 5.70. The van der Waals surface area contributed by atoms with E-state index < -0.39 is 6.10 Å². The number of aliphatic hydroxyl groups is 1. The monoisotopic (exact) mass is 399 g/mol. The molecular weight excluding hydrogens is 355 g/mol. The van der Waals surface area contributed by atoms with Gasteiger partial charge in [-0.2, -0.15) is 0 Å². The first kappa shape index (κ1) is 26.9. The smallest absolute Gasteiger partial charge is 0.306 e. The lowest BCUT2D eigenvalue weighted by atomic mass is 10.00. The van der Waals surface area contributed by atoms with Crippen molar-refractivity contribution in [3.8, 4) is 0 Å². The van der Waals surface area contributed by atoms with Crippen LogP contribution in [0.4, 0.5) is 0 Å². The quantitative estimate of drug-likeness (QED) is 0.209. The average Bonchev–Trinajstić information content (AvgIpc) is 2.68. The molecule has 0 bridgehead atoms. The van der Waals surface area contributed by atoms with E-state index in [4.69, 9.17) is 9.47 Å². The number of unbranched alkanes of at least 4 members (excludes halogenated alkanes) is 12. The third-order valence-corrected chi connectivity index (χ3v) is 4.87. The molecule has 0 saturated carbocycles. The Hall–Kier alpha value is -1.10. The van der Waals surface area contributed by atoms with Crippen molar-refractivity contribution in [3.63, 3.8) is 0 Å². The van der Waals surface area contributed by atoms with Crippen LogP contribution >= 0.6 is 0 Å². The molecule has 0 aromatic carbocycles. The van der Waals surface area contributed by atoms with Crippen LogP contribution in [0.15, 0.2) is 0 Å². The molecule has 0 fully saturated rings. The summed E-state index contributed by atoms with van der Waals surface area (Å²) in [5.41, 5.74) is 0. The maximum atomic E-state index is 11.8. The predicted octanol–water partition coefficient (Wildman–Crippen LogP) is 5.72. The number of carbonyl (C=O) groups excluding carboxylic acids is 2. The molecule has 1 N–H and O–H groups in total. The lowest BCUT2D eigenvalue weighted by Gasteiger charge is -2.15. The van der Waals surface area contributed by atoms with Gasteiger partial charge >= 0.3 is 11.9 Å². The normalized spacial score (nSPS) is 12.0. The minimum atomic E-state index is -0.754. The maximum absolute atomic E-state index is 11.8. The molecule has 0 spiro atoms. The third kappa shape index (κ3) is 18.3. The van der Waals surface area contributed by atoms with Crippen molar-refractivity contribution in [1.29, 1.82) is 0 Å². The van der Waals surface area contributed by atoms with E-state index in [0.29, 0.717) is 19.3 Å². The Morgan fingerprint density at radius 1 is 0.679 bits per heavy atom. The van der Waals surface area contributed by atoms with Gasteiger partial charge in [-0.05, 0) is 12.8 Å². The second-order valence-electron chi connectivity index (χ2n) is 7.72. The van der Waals surface area contributed by atoms with Gasteiger partial charge in [-0.15, -0.1) is 0 Å². The van der Waals surface area contributed by atoms with Crippen LogP contribution < -0.4 is 0 Å². The summed E-state index contributed by atoms with van der Waals surface area (Å²) in [5, 5.41) is 9.23. The van der Waals surface area contributed by atoms with E-state index in [1.54, 1.807) is 0 Å². The van der Waals surface area contributed by atoms with E-state index in [1.165, 1.54) is 64.2 Å². The first-order chi connectivity index (χ1) is 13.6. The van der Waals surface area contributed by atoms with E-state index >= 15 is 0 Å². The number of aliphatic hydroxyl groups excluding tert-OH is 1. The van der Waals surface area contributed by atoms with Crippen molar-refractivity contribution in [3.05, 3.63) is 0 Å². The minimum absolute atomic E-state index is 0.0698. The number of hydrogen-bond acceptors (Lipinski definition) is 5. The van der Waals surface area contributed by atoms with Gasteiger partial charge in [-0.1, -0.05) is 90.9 Å². The largest absolute Gasteiger partial charge is 0.462 e. The Bertz CT molecular complexity index is 370. The number of esters is 2. The van der Waals surface area contributed by atoms with Crippen molar-refractivity contribution < 1.29 is 24.2 Å². The van der Waals surface area contributed by atoms with Gasteiger partial charge in [0.1, 0.15) is 6.61 Å². The molecule has 0 aliphatic rings. The van der Waals surface area contributed by atoms with Gasteiger partial charge in [0.05, 0.1) is 6.61 Å². The zero-order valence-electron chi connectivity index (χ0n) is 18.4. The zero-order valence-corrected chi connectivity index (χ0v) is 18.4. The van der Waals surface area contributed by atoms with Gasteiger partial charge < -0.3 is 14.6 Å². The second kappa shape index (κ2) is 20.6. The number of rotatable bonds is 20. The van der Waals surface area contributed by atoms with E-state index in [1.807, 2.05) is 6.92 Å². The molecule has 0 aromatic heterocycles. The fourth-order valence-electron chi connectivity index (χ4n) is 3.12. The molecule has 166 valence electrons. The molecule has 0 saturated heterocycles. The van der Waals surface area contributed by atoms with Crippen LogP contribution in [0, 0.1) is 0 Å². The first-order valence-electron chi connectivity index (χ1n) is 11.6. The molecule has 0 unspecified atom stereocenters. The summed E-state index contributed by atoms with van der Waals surface area (Å²) in [6, 6.07) is 0. The standard InChI is InChI=1S/C23H44O5/c1-3-5-6-7-8-9-10-11-12-13-14-15-16-18-23(26)28-21(19-24)20-27-22(25)17-4-2/h21,24H,3-20H2,1-2H3/t21-/m0/s1/i22-1. The number of ether oxygens (including phenoxy) is 2. The Labute approximate surface area is 172 Å². The molecule has 0 aliphatic carbocycles. The van der Waals surface area contributed by atoms with Crippen LogP contribution in [0.2, 0.25) is 0 Å². The Morgan fingerprint density at radius 2 is 1.18 bits per heavy atom.